The van der Waals surface area contributed by atoms with Crippen molar-refractivity contribution in [3.8, 4) is 17.2 Å². The molecule has 0 amide bonds. The molecule has 140 valence electrons. The fourth-order valence-electron chi connectivity index (χ4n) is 2.66. The molecule has 3 rings (SSSR count). The molecule has 0 saturated carbocycles. The van der Waals surface area contributed by atoms with Crippen LogP contribution in [0.2, 0.25) is 0 Å². The van der Waals surface area contributed by atoms with Crippen molar-refractivity contribution in [1.29, 1.82) is 0 Å². The number of carbonyl (C=O) groups is 2. The van der Waals surface area contributed by atoms with Crippen LogP contribution in [-0.2, 0) is 4.74 Å². The van der Waals surface area contributed by atoms with Crippen molar-refractivity contribution in [2.75, 3.05) is 21.3 Å². The van der Waals surface area contributed by atoms with Crippen molar-refractivity contribution in [1.82, 2.24) is 0 Å². The number of esters is 2. The fraction of sp³-hybridized carbons (Fsp3) is 0.200. The maximum absolute atomic E-state index is 12.6. The number of aryl methyl sites for hydroxylation is 1. The van der Waals surface area contributed by atoms with Crippen LogP contribution in [0.4, 0.5) is 0 Å². The van der Waals surface area contributed by atoms with Gasteiger partial charge in [0.15, 0.2) is 11.5 Å². The third-order valence-electron chi connectivity index (χ3n) is 4.12. The van der Waals surface area contributed by atoms with E-state index in [2.05, 4.69) is 4.74 Å². The number of fused-ring (bicyclic) bond motifs is 1. The molecule has 1 aromatic heterocycles. The van der Waals surface area contributed by atoms with Crippen LogP contribution >= 0.6 is 0 Å². The first-order valence-electron chi connectivity index (χ1n) is 8.04. The topological polar surface area (TPSA) is 84.2 Å². The minimum Gasteiger partial charge on any atom is -0.497 e. The zero-order chi connectivity index (χ0) is 19.6. The Morgan fingerprint density at radius 2 is 1.67 bits per heavy atom. The number of hydrogen-bond acceptors (Lipinski definition) is 7. The van der Waals surface area contributed by atoms with E-state index in [0.29, 0.717) is 16.9 Å². The monoisotopic (exact) mass is 370 g/mol. The number of ether oxygens (including phenoxy) is 4. The van der Waals surface area contributed by atoms with Gasteiger partial charge in [-0.15, -0.1) is 0 Å². The van der Waals surface area contributed by atoms with Gasteiger partial charge >= 0.3 is 11.9 Å². The molecule has 0 fully saturated rings. The van der Waals surface area contributed by atoms with E-state index in [4.69, 9.17) is 18.6 Å². The second kappa shape index (κ2) is 7.41. The number of rotatable bonds is 5. The molecule has 0 unspecified atom stereocenters. The number of carbonyl (C=O) groups excluding carboxylic acids is 2. The molecule has 0 bridgehead atoms. The second-order valence-corrected chi connectivity index (χ2v) is 5.67. The first-order chi connectivity index (χ1) is 13.0. The van der Waals surface area contributed by atoms with E-state index in [9.17, 15) is 9.59 Å². The lowest BCUT2D eigenvalue weighted by atomic mass is 10.1. The normalized spacial score (nSPS) is 10.5. The maximum atomic E-state index is 12.6. The first kappa shape index (κ1) is 18.3. The lowest BCUT2D eigenvalue weighted by Crippen LogP contribution is -2.10. The molecule has 0 N–H and O–H groups in total. The molecule has 0 spiro atoms. The molecule has 0 aliphatic rings. The summed E-state index contributed by atoms with van der Waals surface area (Å²) < 4.78 is 26.1. The summed E-state index contributed by atoms with van der Waals surface area (Å²) in [7, 11) is 4.25. The smallest absolute Gasteiger partial charge is 0.380 e. The van der Waals surface area contributed by atoms with Crippen LogP contribution in [0.15, 0.2) is 40.8 Å². The first-order valence-corrected chi connectivity index (χ1v) is 8.04. The Balaban J connectivity index is 1.92. The zero-order valence-corrected chi connectivity index (χ0v) is 15.3. The molecular formula is C20H18O7. The number of methoxy groups -OCH3 is 3. The lowest BCUT2D eigenvalue weighted by Gasteiger charge is -2.10. The Morgan fingerprint density at radius 3 is 2.33 bits per heavy atom. The minimum atomic E-state index is -0.674. The molecule has 7 heteroatoms. The van der Waals surface area contributed by atoms with E-state index in [1.807, 2.05) is 0 Å². The van der Waals surface area contributed by atoms with Gasteiger partial charge in [-0.3, -0.25) is 0 Å². The molecule has 0 aliphatic heterocycles. The van der Waals surface area contributed by atoms with Gasteiger partial charge in [0.25, 0.3) is 0 Å². The molecule has 0 aliphatic carbocycles. The zero-order valence-electron chi connectivity index (χ0n) is 15.3. The van der Waals surface area contributed by atoms with E-state index < -0.39 is 11.9 Å². The highest BCUT2D eigenvalue weighted by molar-refractivity contribution is 5.97. The predicted molar refractivity (Wildman–Crippen MR) is 96.8 cm³/mol. The largest absolute Gasteiger partial charge is 0.497 e. The molecule has 0 saturated heterocycles. The van der Waals surface area contributed by atoms with Crippen LogP contribution in [0.1, 0.15) is 26.5 Å². The Hall–Kier alpha value is -3.48. The van der Waals surface area contributed by atoms with Gasteiger partial charge in [0.1, 0.15) is 11.3 Å². The fourth-order valence-corrected chi connectivity index (χ4v) is 2.66. The quantitative estimate of drug-likeness (QED) is 0.499. The number of furan rings is 1. The maximum Gasteiger partial charge on any atom is 0.380 e. The molecule has 1 heterocycles. The molecule has 2 aromatic carbocycles. The number of hydrogen-bond donors (Lipinski definition) is 0. The van der Waals surface area contributed by atoms with Gasteiger partial charge in [0.05, 0.1) is 26.9 Å². The summed E-state index contributed by atoms with van der Waals surface area (Å²) in [4.78, 5) is 24.2. The van der Waals surface area contributed by atoms with Gasteiger partial charge in [-0.1, -0.05) is 0 Å². The van der Waals surface area contributed by atoms with Crippen molar-refractivity contribution >= 4 is 22.9 Å². The lowest BCUT2D eigenvalue weighted by molar-refractivity contribution is 0.0600. The SMILES string of the molecule is COC(=O)c1ccc(OC(=O)c2oc3ccc(OC)cc3c2C)c(OC)c1. The molecule has 7 nitrogen and oxygen atoms in total. The Kier molecular flexibility index (Phi) is 5.03. The Labute approximate surface area is 155 Å². The predicted octanol–water partition coefficient (Wildman–Crippen LogP) is 3.76. The summed E-state index contributed by atoms with van der Waals surface area (Å²) in [6.07, 6.45) is 0. The number of benzene rings is 2. The van der Waals surface area contributed by atoms with Crippen LogP contribution in [0.3, 0.4) is 0 Å². The van der Waals surface area contributed by atoms with Gasteiger partial charge < -0.3 is 23.4 Å². The highest BCUT2D eigenvalue weighted by Crippen LogP contribution is 2.32. The van der Waals surface area contributed by atoms with Crippen LogP contribution in [0.5, 0.6) is 17.2 Å². The molecule has 3 aromatic rings. The molecule has 27 heavy (non-hydrogen) atoms. The van der Waals surface area contributed by atoms with E-state index in [1.54, 1.807) is 32.2 Å². The van der Waals surface area contributed by atoms with Crippen molar-refractivity contribution in [3.63, 3.8) is 0 Å². The molecular weight excluding hydrogens is 352 g/mol. The minimum absolute atomic E-state index is 0.0809. The second-order valence-electron chi connectivity index (χ2n) is 5.67. The van der Waals surface area contributed by atoms with E-state index in [1.165, 1.54) is 32.4 Å². The average molecular weight is 370 g/mol. The van der Waals surface area contributed by atoms with E-state index >= 15 is 0 Å². The third-order valence-corrected chi connectivity index (χ3v) is 4.12. The van der Waals surface area contributed by atoms with Gasteiger partial charge in [-0.2, -0.15) is 0 Å². The Morgan fingerprint density at radius 1 is 0.889 bits per heavy atom. The van der Waals surface area contributed by atoms with E-state index in [0.717, 1.165) is 5.39 Å². The molecule has 0 atom stereocenters. The van der Waals surface area contributed by atoms with Crippen molar-refractivity contribution < 1.29 is 33.0 Å². The van der Waals surface area contributed by atoms with Crippen molar-refractivity contribution in [2.24, 2.45) is 0 Å². The van der Waals surface area contributed by atoms with Crippen LogP contribution in [0, 0.1) is 6.92 Å². The standard InChI is InChI=1S/C20H18O7/c1-11-14-10-13(23-2)6-8-15(14)26-18(11)20(22)27-16-7-5-12(19(21)25-4)9-17(16)24-3/h5-10H,1-4H3. The highest BCUT2D eigenvalue weighted by atomic mass is 16.6. The summed E-state index contributed by atoms with van der Waals surface area (Å²) in [5.74, 6) is -0.0713. The summed E-state index contributed by atoms with van der Waals surface area (Å²) >= 11 is 0. The summed E-state index contributed by atoms with van der Waals surface area (Å²) in [5.41, 5.74) is 1.47. The van der Waals surface area contributed by atoms with E-state index in [-0.39, 0.29) is 22.8 Å². The van der Waals surface area contributed by atoms with Gasteiger partial charge in [-0.25, -0.2) is 9.59 Å². The summed E-state index contributed by atoms with van der Waals surface area (Å²) in [6.45, 7) is 1.76. The van der Waals surface area contributed by atoms with Crippen molar-refractivity contribution in [2.45, 2.75) is 6.92 Å². The highest BCUT2D eigenvalue weighted by Gasteiger charge is 2.22. The van der Waals surface area contributed by atoms with Gasteiger partial charge in [0, 0.05) is 10.9 Å². The van der Waals surface area contributed by atoms with Gasteiger partial charge in [-0.05, 0) is 43.3 Å². The van der Waals surface area contributed by atoms with Crippen LogP contribution in [0.25, 0.3) is 11.0 Å². The third kappa shape index (κ3) is 3.44. The van der Waals surface area contributed by atoms with Gasteiger partial charge in [0.2, 0.25) is 5.76 Å². The Bertz CT molecular complexity index is 1020. The summed E-state index contributed by atoms with van der Waals surface area (Å²) in [6, 6.07) is 9.64. The molecule has 0 radical (unpaired) electrons. The van der Waals surface area contributed by atoms with Crippen molar-refractivity contribution in [3.05, 3.63) is 53.3 Å². The van der Waals surface area contributed by atoms with Crippen LogP contribution < -0.4 is 14.2 Å². The summed E-state index contributed by atoms with van der Waals surface area (Å²) in [5, 5.41) is 0.759. The average Bonchev–Trinajstić information content (AvgIpc) is 3.03. The van der Waals surface area contributed by atoms with Crippen LogP contribution in [-0.4, -0.2) is 33.3 Å².